The van der Waals surface area contributed by atoms with E-state index < -0.39 is 0 Å². The van der Waals surface area contributed by atoms with Crippen molar-refractivity contribution >= 4 is 11.0 Å². The quantitative estimate of drug-likeness (QED) is 0.207. The second kappa shape index (κ2) is 10.7. The van der Waals surface area contributed by atoms with E-state index in [0.717, 1.165) is 47.6 Å². The molecule has 170 valence electrons. The first kappa shape index (κ1) is 22.5. The molecule has 4 aromatic rings. The van der Waals surface area contributed by atoms with E-state index in [1.165, 1.54) is 5.56 Å². The van der Waals surface area contributed by atoms with E-state index in [1.54, 1.807) is 7.11 Å². The number of ether oxygens (including phenoxy) is 3. The van der Waals surface area contributed by atoms with Gasteiger partial charge in [0.25, 0.3) is 0 Å². The monoisotopic (exact) mass is 442 g/mol. The van der Waals surface area contributed by atoms with Crippen molar-refractivity contribution in [3.05, 3.63) is 96.3 Å². The molecule has 0 saturated heterocycles. The molecule has 0 bridgehead atoms. The van der Waals surface area contributed by atoms with Gasteiger partial charge in [-0.2, -0.15) is 0 Å². The molecule has 0 amide bonds. The third kappa shape index (κ3) is 5.55. The fourth-order valence-corrected chi connectivity index (χ4v) is 3.87. The predicted octanol–water partition coefficient (Wildman–Crippen LogP) is 6.13. The maximum Gasteiger partial charge on any atom is 0.161 e. The molecule has 5 nitrogen and oxygen atoms in total. The number of aromatic nitrogens is 2. The van der Waals surface area contributed by atoms with E-state index >= 15 is 0 Å². The summed E-state index contributed by atoms with van der Waals surface area (Å²) in [5.74, 6) is 3.19. The number of methoxy groups -OCH3 is 1. The number of rotatable bonds is 11. The average Bonchev–Trinajstić information content (AvgIpc) is 3.18. The van der Waals surface area contributed by atoms with Crippen LogP contribution in [0.3, 0.4) is 0 Å². The second-order valence-corrected chi connectivity index (χ2v) is 7.95. The molecule has 1 aromatic heterocycles. The number of nitrogens with zero attached hydrogens (tertiary/aromatic N) is 2. The van der Waals surface area contributed by atoms with Crippen molar-refractivity contribution in [3.63, 3.8) is 0 Å². The van der Waals surface area contributed by atoms with E-state index in [1.807, 2.05) is 54.6 Å². The molecule has 4 rings (SSSR count). The lowest BCUT2D eigenvalue weighted by Crippen LogP contribution is -2.10. The van der Waals surface area contributed by atoms with Gasteiger partial charge < -0.3 is 18.8 Å². The predicted molar refractivity (Wildman–Crippen MR) is 132 cm³/mol. The summed E-state index contributed by atoms with van der Waals surface area (Å²) in [6.07, 6.45) is 3.53. The summed E-state index contributed by atoms with van der Waals surface area (Å²) in [4.78, 5) is 4.82. The Kier molecular flexibility index (Phi) is 7.30. The van der Waals surface area contributed by atoms with E-state index in [9.17, 15) is 0 Å². The molecule has 0 aliphatic heterocycles. The number of aryl methyl sites for hydroxylation is 2. The average molecular weight is 443 g/mol. The molecule has 0 aliphatic carbocycles. The minimum atomic E-state index is 0.352. The standard InChI is InChI=1S/C28H30N2O3/c1-4-9-22-14-15-26(27(19-22)31-3)33-20-28-29-24-12-5-6-13-25(24)30(28)16-8-17-32-23-11-7-10-21(2)18-23/h4-7,10-15,18-19H,1,8-9,16-17,20H2,2-3H3. The van der Waals surface area contributed by atoms with Gasteiger partial charge in [0.05, 0.1) is 24.8 Å². The van der Waals surface area contributed by atoms with Crippen LogP contribution in [0.1, 0.15) is 23.4 Å². The highest BCUT2D eigenvalue weighted by atomic mass is 16.5. The number of hydrogen-bond acceptors (Lipinski definition) is 4. The van der Waals surface area contributed by atoms with Gasteiger partial charge in [0.15, 0.2) is 11.5 Å². The molecule has 33 heavy (non-hydrogen) atoms. The SMILES string of the molecule is C=CCc1ccc(OCc2nc3ccccc3n2CCCOc2cccc(C)c2)c(OC)c1. The van der Waals surface area contributed by atoms with Crippen LogP contribution in [0.15, 0.2) is 79.4 Å². The first-order valence-electron chi connectivity index (χ1n) is 11.2. The molecule has 0 unspecified atom stereocenters. The number of imidazole rings is 1. The molecule has 0 aliphatic rings. The zero-order valence-corrected chi connectivity index (χ0v) is 19.3. The summed E-state index contributed by atoms with van der Waals surface area (Å²) in [6.45, 7) is 7.65. The Labute approximate surface area is 195 Å². The van der Waals surface area contributed by atoms with E-state index in [-0.39, 0.29) is 0 Å². The summed E-state index contributed by atoms with van der Waals surface area (Å²) in [7, 11) is 1.66. The van der Waals surface area contributed by atoms with Crippen LogP contribution in [-0.4, -0.2) is 23.3 Å². The molecule has 0 atom stereocenters. The summed E-state index contributed by atoms with van der Waals surface area (Å²) >= 11 is 0. The van der Waals surface area contributed by atoms with Crippen LogP contribution in [-0.2, 0) is 19.6 Å². The minimum Gasteiger partial charge on any atom is -0.494 e. The van der Waals surface area contributed by atoms with Crippen molar-refractivity contribution in [2.24, 2.45) is 0 Å². The maximum absolute atomic E-state index is 6.14. The Morgan fingerprint density at radius 3 is 2.67 bits per heavy atom. The fourth-order valence-electron chi connectivity index (χ4n) is 3.87. The van der Waals surface area contributed by atoms with Gasteiger partial charge in [-0.25, -0.2) is 4.98 Å². The minimum absolute atomic E-state index is 0.352. The number of benzene rings is 3. The third-order valence-corrected chi connectivity index (χ3v) is 5.48. The number of fused-ring (bicyclic) bond motifs is 1. The molecule has 0 radical (unpaired) electrons. The molecule has 1 heterocycles. The van der Waals surface area contributed by atoms with Gasteiger partial charge in [-0.3, -0.25) is 0 Å². The van der Waals surface area contributed by atoms with Crippen LogP contribution < -0.4 is 14.2 Å². The first-order valence-corrected chi connectivity index (χ1v) is 11.2. The molecular weight excluding hydrogens is 412 g/mol. The normalized spacial score (nSPS) is 10.8. The molecular formula is C28H30N2O3. The number of para-hydroxylation sites is 2. The molecule has 0 N–H and O–H groups in total. The van der Waals surface area contributed by atoms with Crippen molar-refractivity contribution in [1.82, 2.24) is 9.55 Å². The number of allylic oxidation sites excluding steroid dienone is 1. The van der Waals surface area contributed by atoms with Crippen LogP contribution in [0.4, 0.5) is 0 Å². The Morgan fingerprint density at radius 2 is 1.85 bits per heavy atom. The van der Waals surface area contributed by atoms with Crippen molar-refractivity contribution in [2.75, 3.05) is 13.7 Å². The summed E-state index contributed by atoms with van der Waals surface area (Å²) < 4.78 is 19.8. The summed E-state index contributed by atoms with van der Waals surface area (Å²) in [5.41, 5.74) is 4.39. The van der Waals surface area contributed by atoms with Gasteiger partial charge in [-0.1, -0.05) is 36.4 Å². The van der Waals surface area contributed by atoms with E-state index in [2.05, 4.69) is 36.3 Å². The van der Waals surface area contributed by atoms with Crippen LogP contribution >= 0.6 is 0 Å². The third-order valence-electron chi connectivity index (χ3n) is 5.48. The van der Waals surface area contributed by atoms with Crippen molar-refractivity contribution in [2.45, 2.75) is 32.9 Å². The van der Waals surface area contributed by atoms with Crippen molar-refractivity contribution in [1.29, 1.82) is 0 Å². The lowest BCUT2D eigenvalue weighted by Gasteiger charge is -2.14. The highest BCUT2D eigenvalue weighted by molar-refractivity contribution is 5.75. The zero-order valence-electron chi connectivity index (χ0n) is 19.3. The molecule has 3 aromatic carbocycles. The maximum atomic E-state index is 6.14. The van der Waals surface area contributed by atoms with Crippen LogP contribution in [0.5, 0.6) is 17.2 Å². The van der Waals surface area contributed by atoms with E-state index in [4.69, 9.17) is 19.2 Å². The molecule has 0 saturated carbocycles. The highest BCUT2D eigenvalue weighted by Crippen LogP contribution is 2.29. The lowest BCUT2D eigenvalue weighted by atomic mass is 10.1. The molecule has 0 spiro atoms. The van der Waals surface area contributed by atoms with Gasteiger partial charge in [-0.05, 0) is 67.3 Å². The highest BCUT2D eigenvalue weighted by Gasteiger charge is 2.13. The fraction of sp³-hybridized carbons (Fsp3) is 0.250. The first-order chi connectivity index (χ1) is 16.2. The Balaban J connectivity index is 1.46. The largest absolute Gasteiger partial charge is 0.494 e. The van der Waals surface area contributed by atoms with Crippen LogP contribution in [0, 0.1) is 6.92 Å². The Hall–Kier alpha value is -3.73. The van der Waals surface area contributed by atoms with Gasteiger partial charge in [0, 0.05) is 6.54 Å². The zero-order chi connectivity index (χ0) is 23.0. The lowest BCUT2D eigenvalue weighted by molar-refractivity contribution is 0.267. The van der Waals surface area contributed by atoms with E-state index in [0.29, 0.717) is 24.7 Å². The van der Waals surface area contributed by atoms with Crippen molar-refractivity contribution in [3.8, 4) is 17.2 Å². The topological polar surface area (TPSA) is 45.5 Å². The molecule has 5 heteroatoms. The van der Waals surface area contributed by atoms with Crippen molar-refractivity contribution < 1.29 is 14.2 Å². The van der Waals surface area contributed by atoms with Gasteiger partial charge in [0.2, 0.25) is 0 Å². The Morgan fingerprint density at radius 1 is 0.970 bits per heavy atom. The van der Waals surface area contributed by atoms with Gasteiger partial charge >= 0.3 is 0 Å². The smallest absolute Gasteiger partial charge is 0.161 e. The Bertz CT molecular complexity index is 1230. The summed E-state index contributed by atoms with van der Waals surface area (Å²) in [6, 6.07) is 22.3. The number of hydrogen-bond donors (Lipinski definition) is 0. The van der Waals surface area contributed by atoms with Gasteiger partial charge in [0.1, 0.15) is 18.2 Å². The molecule has 0 fully saturated rings. The van der Waals surface area contributed by atoms with Crippen LogP contribution in [0.25, 0.3) is 11.0 Å². The van der Waals surface area contributed by atoms with Crippen LogP contribution in [0.2, 0.25) is 0 Å². The second-order valence-electron chi connectivity index (χ2n) is 7.95. The summed E-state index contributed by atoms with van der Waals surface area (Å²) in [5, 5.41) is 0. The van der Waals surface area contributed by atoms with Gasteiger partial charge in [-0.15, -0.1) is 6.58 Å².